The molecule has 1 aliphatic carbocycles. The molecule has 3 atom stereocenters. The van der Waals surface area contributed by atoms with Crippen molar-refractivity contribution < 1.29 is 9.53 Å². The maximum atomic E-state index is 12.8. The number of fused-ring (bicyclic) bond motifs is 1. The summed E-state index contributed by atoms with van der Waals surface area (Å²) in [5.74, 6) is 1.83. The summed E-state index contributed by atoms with van der Waals surface area (Å²) in [6.45, 7) is 5.16. The molecule has 5 heteroatoms. The van der Waals surface area contributed by atoms with Gasteiger partial charge in [0.05, 0.1) is 11.7 Å². The first-order valence-electron chi connectivity index (χ1n) is 11.9. The minimum atomic E-state index is -0.00799. The van der Waals surface area contributed by atoms with E-state index in [1.807, 2.05) is 18.3 Å². The highest BCUT2D eigenvalue weighted by Crippen LogP contribution is 2.33. The van der Waals surface area contributed by atoms with Gasteiger partial charge < -0.3 is 10.1 Å². The maximum absolute atomic E-state index is 12.8. The van der Waals surface area contributed by atoms with Crippen molar-refractivity contribution in [2.75, 3.05) is 13.1 Å². The van der Waals surface area contributed by atoms with Crippen LogP contribution in [-0.4, -0.2) is 35.0 Å². The van der Waals surface area contributed by atoms with E-state index >= 15 is 0 Å². The van der Waals surface area contributed by atoms with Crippen molar-refractivity contribution in [2.45, 2.75) is 64.1 Å². The molecule has 31 heavy (non-hydrogen) atoms. The van der Waals surface area contributed by atoms with E-state index < -0.39 is 0 Å². The third kappa shape index (κ3) is 4.62. The van der Waals surface area contributed by atoms with Crippen LogP contribution in [0.4, 0.5) is 0 Å². The Kier molecular flexibility index (Phi) is 5.95. The first kappa shape index (κ1) is 20.5. The molecular formula is C26H33N3O2. The van der Waals surface area contributed by atoms with E-state index in [0.717, 1.165) is 63.2 Å². The smallest absolute Gasteiger partial charge is 0.223 e. The molecule has 0 radical (unpaired) electrons. The second-order valence-electron chi connectivity index (χ2n) is 9.58. The lowest BCUT2D eigenvalue weighted by Crippen LogP contribution is -2.45. The normalized spacial score (nSPS) is 24.7. The largest absolute Gasteiger partial charge is 0.490 e. The number of benzene rings is 1. The molecule has 2 aromatic rings. The van der Waals surface area contributed by atoms with Gasteiger partial charge in [-0.05, 0) is 74.4 Å². The maximum Gasteiger partial charge on any atom is 0.223 e. The van der Waals surface area contributed by atoms with Crippen molar-refractivity contribution in [3.05, 3.63) is 59.4 Å². The van der Waals surface area contributed by atoms with Gasteiger partial charge in [0.25, 0.3) is 0 Å². The highest BCUT2D eigenvalue weighted by Gasteiger charge is 2.33. The summed E-state index contributed by atoms with van der Waals surface area (Å²) in [4.78, 5) is 20.0. The van der Waals surface area contributed by atoms with Gasteiger partial charge >= 0.3 is 0 Å². The molecular weight excluding hydrogens is 386 g/mol. The molecule has 0 bridgehead atoms. The fourth-order valence-electron chi connectivity index (χ4n) is 5.27. The molecule has 2 fully saturated rings. The number of aromatic nitrogens is 1. The van der Waals surface area contributed by atoms with Crippen LogP contribution in [0.15, 0.2) is 42.6 Å². The lowest BCUT2D eigenvalue weighted by Gasteiger charge is -2.38. The molecule has 1 aromatic heterocycles. The third-order valence-corrected chi connectivity index (χ3v) is 7.16. The minimum absolute atomic E-state index is 0.00799. The number of carbonyl (C=O) groups is 1. The van der Waals surface area contributed by atoms with E-state index in [-0.39, 0.29) is 24.0 Å². The van der Waals surface area contributed by atoms with Gasteiger partial charge in [-0.1, -0.05) is 24.6 Å². The van der Waals surface area contributed by atoms with E-state index in [9.17, 15) is 4.79 Å². The number of amides is 1. The second kappa shape index (κ2) is 8.99. The Hall–Kier alpha value is -2.40. The van der Waals surface area contributed by atoms with E-state index in [1.165, 1.54) is 17.5 Å². The Morgan fingerprint density at radius 1 is 1.23 bits per heavy atom. The zero-order valence-corrected chi connectivity index (χ0v) is 18.4. The summed E-state index contributed by atoms with van der Waals surface area (Å²) in [5.41, 5.74) is 3.67. The van der Waals surface area contributed by atoms with Crippen LogP contribution in [0.5, 0.6) is 5.75 Å². The van der Waals surface area contributed by atoms with Gasteiger partial charge in [-0.25, -0.2) is 0 Å². The average Bonchev–Trinajstić information content (AvgIpc) is 3.11. The van der Waals surface area contributed by atoms with Crippen molar-refractivity contribution in [3.63, 3.8) is 0 Å². The van der Waals surface area contributed by atoms with Gasteiger partial charge in [0.2, 0.25) is 5.91 Å². The zero-order valence-electron chi connectivity index (χ0n) is 18.4. The summed E-state index contributed by atoms with van der Waals surface area (Å²) in [6.07, 6.45) is 8.62. The van der Waals surface area contributed by atoms with Crippen LogP contribution in [-0.2, 0) is 17.8 Å². The van der Waals surface area contributed by atoms with Gasteiger partial charge in [-0.15, -0.1) is 0 Å². The number of rotatable bonds is 6. The van der Waals surface area contributed by atoms with E-state index in [1.54, 1.807) is 0 Å². The average molecular weight is 420 g/mol. The predicted octanol–water partition coefficient (Wildman–Crippen LogP) is 4.27. The van der Waals surface area contributed by atoms with E-state index in [2.05, 4.69) is 46.4 Å². The van der Waals surface area contributed by atoms with Crippen LogP contribution in [0.2, 0.25) is 0 Å². The molecule has 5 rings (SSSR count). The summed E-state index contributed by atoms with van der Waals surface area (Å²) in [7, 11) is 0. The monoisotopic (exact) mass is 419 g/mol. The van der Waals surface area contributed by atoms with Gasteiger partial charge in [-0.2, -0.15) is 0 Å². The molecule has 1 aromatic carbocycles. The van der Waals surface area contributed by atoms with Crippen LogP contribution >= 0.6 is 0 Å². The highest BCUT2D eigenvalue weighted by molar-refractivity contribution is 5.79. The zero-order chi connectivity index (χ0) is 21.2. The Morgan fingerprint density at radius 3 is 2.90 bits per heavy atom. The van der Waals surface area contributed by atoms with Crippen LogP contribution in [0.3, 0.4) is 0 Å². The summed E-state index contributed by atoms with van der Waals surface area (Å²) >= 11 is 0. The number of hydrogen-bond donors (Lipinski definition) is 1. The van der Waals surface area contributed by atoms with Crippen molar-refractivity contribution in [3.8, 4) is 5.75 Å². The lowest BCUT2D eigenvalue weighted by molar-refractivity contribution is -0.128. The molecule has 1 amide bonds. The number of pyridine rings is 1. The quantitative estimate of drug-likeness (QED) is 0.760. The fraction of sp³-hybridized carbons (Fsp3) is 0.538. The Balaban J connectivity index is 1.29. The Labute approximate surface area is 185 Å². The topological polar surface area (TPSA) is 54.5 Å². The van der Waals surface area contributed by atoms with Crippen molar-refractivity contribution >= 4 is 5.91 Å². The van der Waals surface area contributed by atoms with Crippen molar-refractivity contribution in [2.24, 2.45) is 11.8 Å². The van der Waals surface area contributed by atoms with Crippen LogP contribution in [0.25, 0.3) is 0 Å². The first-order chi connectivity index (χ1) is 15.2. The molecule has 0 spiro atoms. The number of hydrogen-bond acceptors (Lipinski definition) is 4. The molecule has 0 unspecified atom stereocenters. The number of nitrogens with zero attached hydrogens (tertiary/aromatic N) is 2. The van der Waals surface area contributed by atoms with Gasteiger partial charge in [-0.3, -0.25) is 14.7 Å². The standard InChI is InChI=1S/C26H33N3O2/c1-18-14-22-15-19(10-11-24(22)31-18)16-29-13-5-8-21(17-29)25(23-9-2-3-12-27-23)28-26(30)20-6-4-7-20/h2-3,9-12,15,18,20-21,25H,4-8,13-14,16-17H2,1H3,(H,28,30)/t18-,21-,25-/m1/s1. The third-order valence-electron chi connectivity index (χ3n) is 7.16. The molecule has 2 aliphatic heterocycles. The number of likely N-dealkylation sites (tertiary alicyclic amines) is 1. The SMILES string of the molecule is C[C@@H]1Cc2cc(CN3CCC[C@@H]([C@@H](NC(=O)C4CCC4)c4ccccn4)C3)ccc2O1. The van der Waals surface area contributed by atoms with Gasteiger partial charge in [0, 0.05) is 31.6 Å². The fourth-order valence-corrected chi connectivity index (χ4v) is 5.27. The van der Waals surface area contributed by atoms with Crippen LogP contribution in [0.1, 0.15) is 61.9 Å². The van der Waals surface area contributed by atoms with Crippen LogP contribution in [0, 0.1) is 11.8 Å². The number of ether oxygens (including phenoxy) is 1. The van der Waals surface area contributed by atoms with Gasteiger partial charge in [0.1, 0.15) is 11.9 Å². The van der Waals surface area contributed by atoms with E-state index in [4.69, 9.17) is 4.74 Å². The molecule has 1 saturated heterocycles. The highest BCUT2D eigenvalue weighted by atomic mass is 16.5. The van der Waals surface area contributed by atoms with E-state index in [0.29, 0.717) is 5.92 Å². The first-order valence-corrected chi connectivity index (χ1v) is 11.9. The lowest BCUT2D eigenvalue weighted by atomic mass is 9.83. The van der Waals surface area contributed by atoms with Gasteiger partial charge in [0.15, 0.2) is 0 Å². The summed E-state index contributed by atoms with van der Waals surface area (Å²) in [6, 6.07) is 12.7. The summed E-state index contributed by atoms with van der Waals surface area (Å²) in [5, 5.41) is 3.38. The van der Waals surface area contributed by atoms with Crippen LogP contribution < -0.4 is 10.1 Å². The molecule has 1 saturated carbocycles. The Morgan fingerprint density at radius 2 is 2.13 bits per heavy atom. The second-order valence-corrected chi connectivity index (χ2v) is 9.58. The number of nitrogens with one attached hydrogen (secondary N) is 1. The molecule has 5 nitrogen and oxygen atoms in total. The number of carbonyl (C=O) groups excluding carboxylic acids is 1. The Bertz CT molecular complexity index is 912. The predicted molar refractivity (Wildman–Crippen MR) is 121 cm³/mol. The number of piperidine rings is 1. The summed E-state index contributed by atoms with van der Waals surface area (Å²) < 4.78 is 5.86. The van der Waals surface area contributed by atoms with Crippen molar-refractivity contribution in [1.82, 2.24) is 15.2 Å². The molecule has 1 N–H and O–H groups in total. The molecule has 3 heterocycles. The minimum Gasteiger partial charge on any atom is -0.490 e. The molecule has 164 valence electrons. The molecule has 3 aliphatic rings. The van der Waals surface area contributed by atoms with Crippen molar-refractivity contribution in [1.29, 1.82) is 0 Å².